The van der Waals surface area contributed by atoms with Crippen LogP contribution in [0.15, 0.2) is 83.1 Å². The molecule has 0 aliphatic heterocycles. The molecule has 0 amide bonds. The van der Waals surface area contributed by atoms with E-state index in [1.807, 2.05) is 32.1 Å². The summed E-state index contributed by atoms with van der Waals surface area (Å²) in [5.41, 5.74) is 16.4. The van der Waals surface area contributed by atoms with Gasteiger partial charge in [0.1, 0.15) is 18.2 Å². The Bertz CT molecular complexity index is 1100. The lowest BCUT2D eigenvalue weighted by Gasteiger charge is -2.07. The molecule has 0 saturated carbocycles. The number of benzene rings is 1. The number of nitrogens with zero attached hydrogens (tertiary/aromatic N) is 2. The fourth-order valence-corrected chi connectivity index (χ4v) is 2.98. The smallest absolute Gasteiger partial charge is 0.170 e. The molecule has 0 aliphatic carbocycles. The molecule has 3 rings (SSSR count). The number of hydrogen-bond donors (Lipinski definition) is 2. The van der Waals surface area contributed by atoms with Crippen molar-refractivity contribution in [1.82, 2.24) is 10.1 Å². The molecule has 174 valence electrons. The van der Waals surface area contributed by atoms with Crippen LogP contribution in [0.5, 0.6) is 0 Å². The Hall–Kier alpha value is -3.80. The third-order valence-electron chi connectivity index (χ3n) is 4.46. The lowest BCUT2D eigenvalue weighted by molar-refractivity contribution is 0.200. The Kier molecular flexibility index (Phi) is 9.96. The number of allylic oxidation sites excluding steroid dienone is 5. The molecule has 0 saturated heterocycles. The van der Waals surface area contributed by atoms with Crippen molar-refractivity contribution in [2.24, 2.45) is 0 Å². The van der Waals surface area contributed by atoms with Gasteiger partial charge in [-0.05, 0) is 48.8 Å². The van der Waals surface area contributed by atoms with E-state index in [1.165, 1.54) is 6.42 Å². The molecule has 33 heavy (non-hydrogen) atoms. The number of anilines is 2. The molecule has 0 spiro atoms. The zero-order valence-electron chi connectivity index (χ0n) is 20.0. The quantitative estimate of drug-likeness (QED) is 0.304. The van der Waals surface area contributed by atoms with Gasteiger partial charge < -0.3 is 20.7 Å². The zero-order valence-corrected chi connectivity index (χ0v) is 20.0. The van der Waals surface area contributed by atoms with Crippen LogP contribution in [-0.2, 0) is 17.8 Å². The fourth-order valence-electron chi connectivity index (χ4n) is 2.98. The van der Waals surface area contributed by atoms with Crippen LogP contribution in [0, 0.1) is 0 Å². The molecular formula is C27H34N4O2. The van der Waals surface area contributed by atoms with Gasteiger partial charge in [0.15, 0.2) is 5.76 Å². The molecular weight excluding hydrogens is 412 g/mol. The molecule has 6 nitrogen and oxygen atoms in total. The SMILES string of the molecule is C=C/C=C(C)\C=C(/C)OCc1ccc(Cc2cc(-c3ccc(N)nc3N)on2)cc1.CCC. The van der Waals surface area contributed by atoms with E-state index < -0.39 is 0 Å². The van der Waals surface area contributed by atoms with E-state index in [0.29, 0.717) is 36.0 Å². The minimum absolute atomic E-state index is 0.321. The molecule has 0 aliphatic rings. The number of hydrogen-bond acceptors (Lipinski definition) is 6. The van der Waals surface area contributed by atoms with Gasteiger partial charge in [-0.2, -0.15) is 0 Å². The predicted octanol–water partition coefficient (Wildman–Crippen LogP) is 6.46. The van der Waals surface area contributed by atoms with Crippen LogP contribution >= 0.6 is 0 Å². The third-order valence-corrected chi connectivity index (χ3v) is 4.46. The summed E-state index contributed by atoms with van der Waals surface area (Å²) in [6.07, 6.45) is 7.59. The number of pyridine rings is 1. The minimum Gasteiger partial charge on any atom is -0.494 e. The van der Waals surface area contributed by atoms with Gasteiger partial charge in [0.05, 0.1) is 17.0 Å². The van der Waals surface area contributed by atoms with Crippen LogP contribution in [0.3, 0.4) is 0 Å². The topological polar surface area (TPSA) is 100 Å². The summed E-state index contributed by atoms with van der Waals surface area (Å²) in [6, 6.07) is 13.6. The molecule has 0 fully saturated rings. The summed E-state index contributed by atoms with van der Waals surface area (Å²) in [5, 5.41) is 4.14. The monoisotopic (exact) mass is 446 g/mol. The van der Waals surface area contributed by atoms with Crippen molar-refractivity contribution in [2.75, 3.05) is 11.5 Å². The van der Waals surface area contributed by atoms with E-state index in [-0.39, 0.29) is 0 Å². The van der Waals surface area contributed by atoms with Gasteiger partial charge in [-0.3, -0.25) is 0 Å². The molecule has 0 radical (unpaired) electrons. The van der Waals surface area contributed by atoms with E-state index in [0.717, 1.165) is 28.2 Å². The van der Waals surface area contributed by atoms with Crippen LogP contribution in [0.2, 0.25) is 0 Å². The lowest BCUT2D eigenvalue weighted by atomic mass is 10.1. The van der Waals surface area contributed by atoms with Gasteiger partial charge in [0, 0.05) is 12.5 Å². The second-order valence-electron chi connectivity index (χ2n) is 7.74. The molecule has 0 bridgehead atoms. The Morgan fingerprint density at radius 1 is 1.06 bits per heavy atom. The standard InChI is InChI=1S/C24H26N4O2.C3H8/c1-4-5-16(2)12-17(3)29-15-19-8-6-18(7-9-19)13-20-14-22(30-28-20)21-10-11-23(25)27-24(21)26;1-3-2/h4-12,14H,1,13,15H2,2-3H3,(H4,25,26,27);3H2,1-2H3/b16-5-,17-12+;. The molecule has 0 atom stereocenters. The summed E-state index contributed by atoms with van der Waals surface area (Å²) in [4.78, 5) is 4.05. The number of ether oxygens (including phenoxy) is 1. The van der Waals surface area contributed by atoms with Crippen LogP contribution in [0.1, 0.15) is 50.9 Å². The van der Waals surface area contributed by atoms with Crippen molar-refractivity contribution in [2.45, 2.75) is 47.1 Å². The number of nitrogen functional groups attached to an aromatic ring is 2. The van der Waals surface area contributed by atoms with E-state index in [1.54, 1.807) is 18.2 Å². The van der Waals surface area contributed by atoms with Crippen LogP contribution in [-0.4, -0.2) is 10.1 Å². The van der Waals surface area contributed by atoms with Gasteiger partial charge >= 0.3 is 0 Å². The van der Waals surface area contributed by atoms with Gasteiger partial charge in [0.2, 0.25) is 0 Å². The second-order valence-corrected chi connectivity index (χ2v) is 7.74. The maximum Gasteiger partial charge on any atom is 0.170 e. The largest absolute Gasteiger partial charge is 0.494 e. The predicted molar refractivity (Wildman–Crippen MR) is 136 cm³/mol. The third kappa shape index (κ3) is 8.33. The average molecular weight is 447 g/mol. The zero-order chi connectivity index (χ0) is 24.2. The molecule has 3 aromatic rings. The van der Waals surface area contributed by atoms with Crippen molar-refractivity contribution in [3.63, 3.8) is 0 Å². The first-order chi connectivity index (χ1) is 15.9. The molecule has 4 N–H and O–H groups in total. The first-order valence-corrected chi connectivity index (χ1v) is 11.0. The van der Waals surface area contributed by atoms with Gasteiger partial charge in [-0.25, -0.2) is 4.98 Å². The maximum absolute atomic E-state index is 5.92. The number of rotatable bonds is 8. The Morgan fingerprint density at radius 3 is 2.36 bits per heavy atom. The van der Waals surface area contributed by atoms with Crippen molar-refractivity contribution >= 4 is 11.6 Å². The summed E-state index contributed by atoms with van der Waals surface area (Å²) in [5.74, 6) is 2.12. The van der Waals surface area contributed by atoms with Crippen LogP contribution in [0.25, 0.3) is 11.3 Å². The maximum atomic E-state index is 5.92. The number of aromatic nitrogens is 2. The van der Waals surface area contributed by atoms with Crippen molar-refractivity contribution in [1.29, 1.82) is 0 Å². The highest BCUT2D eigenvalue weighted by atomic mass is 16.5. The molecule has 2 aromatic heterocycles. The highest BCUT2D eigenvalue weighted by Gasteiger charge is 2.11. The Morgan fingerprint density at radius 2 is 1.73 bits per heavy atom. The summed E-state index contributed by atoms with van der Waals surface area (Å²) < 4.78 is 11.2. The van der Waals surface area contributed by atoms with Gasteiger partial charge in [0.25, 0.3) is 0 Å². The Balaban J connectivity index is 0.00000122. The fraction of sp³-hybridized carbons (Fsp3) is 0.259. The van der Waals surface area contributed by atoms with E-state index >= 15 is 0 Å². The molecule has 0 unspecified atom stereocenters. The van der Waals surface area contributed by atoms with E-state index in [9.17, 15) is 0 Å². The highest BCUT2D eigenvalue weighted by Crippen LogP contribution is 2.26. The number of nitrogens with two attached hydrogens (primary N) is 2. The van der Waals surface area contributed by atoms with Crippen LogP contribution in [0.4, 0.5) is 11.6 Å². The normalized spacial score (nSPS) is 11.5. The van der Waals surface area contributed by atoms with Crippen LogP contribution < -0.4 is 11.5 Å². The minimum atomic E-state index is 0.321. The molecule has 1 aromatic carbocycles. The molecule has 6 heteroatoms. The second kappa shape index (κ2) is 12.9. The summed E-state index contributed by atoms with van der Waals surface area (Å²) >= 11 is 0. The van der Waals surface area contributed by atoms with E-state index in [2.05, 4.69) is 54.8 Å². The van der Waals surface area contributed by atoms with E-state index in [4.69, 9.17) is 20.7 Å². The molecule has 2 heterocycles. The highest BCUT2D eigenvalue weighted by molar-refractivity contribution is 5.71. The Labute approximate surface area is 196 Å². The van der Waals surface area contributed by atoms with Crippen molar-refractivity contribution in [3.05, 3.63) is 95.4 Å². The van der Waals surface area contributed by atoms with Crippen molar-refractivity contribution < 1.29 is 9.26 Å². The van der Waals surface area contributed by atoms with Crippen molar-refractivity contribution in [3.8, 4) is 11.3 Å². The van der Waals surface area contributed by atoms with Gasteiger partial charge in [-0.15, -0.1) is 0 Å². The summed E-state index contributed by atoms with van der Waals surface area (Å²) in [6.45, 7) is 12.4. The van der Waals surface area contributed by atoms with Gasteiger partial charge in [-0.1, -0.05) is 68.4 Å². The summed E-state index contributed by atoms with van der Waals surface area (Å²) in [7, 11) is 0. The first-order valence-electron chi connectivity index (χ1n) is 11.0. The lowest BCUT2D eigenvalue weighted by Crippen LogP contribution is -1.97. The average Bonchev–Trinajstić information content (AvgIpc) is 3.22. The first kappa shape index (κ1) is 25.5.